The molecule has 126 valence electrons. The van der Waals surface area contributed by atoms with Crippen LogP contribution in [-0.2, 0) is 4.74 Å². The maximum Gasteiger partial charge on any atom is 0.338 e. The lowest BCUT2D eigenvalue weighted by Crippen LogP contribution is -2.04. The summed E-state index contributed by atoms with van der Waals surface area (Å²) in [7, 11) is 1.59. The summed E-state index contributed by atoms with van der Waals surface area (Å²) in [6, 6.07) is 12.4. The second-order valence-electron chi connectivity index (χ2n) is 5.42. The van der Waals surface area contributed by atoms with Gasteiger partial charge in [-0.05, 0) is 42.8 Å². The Labute approximate surface area is 142 Å². The van der Waals surface area contributed by atoms with E-state index in [4.69, 9.17) is 9.47 Å². The van der Waals surface area contributed by atoms with E-state index in [1.165, 1.54) is 0 Å². The zero-order valence-corrected chi connectivity index (χ0v) is 14.2. The van der Waals surface area contributed by atoms with Crippen LogP contribution < -0.4 is 4.74 Å². The van der Waals surface area contributed by atoms with E-state index in [9.17, 15) is 9.90 Å². The van der Waals surface area contributed by atoms with Gasteiger partial charge in [-0.2, -0.15) is 0 Å². The highest BCUT2D eigenvalue weighted by Gasteiger charge is 2.10. The number of aromatic hydroxyl groups is 1. The van der Waals surface area contributed by atoms with Gasteiger partial charge in [-0.1, -0.05) is 31.2 Å². The second-order valence-corrected chi connectivity index (χ2v) is 5.42. The molecule has 2 aromatic carbocycles. The molecule has 1 unspecified atom stereocenters. The molecule has 0 saturated carbocycles. The maximum absolute atomic E-state index is 11.8. The number of esters is 1. The van der Waals surface area contributed by atoms with Crippen LogP contribution in [0.5, 0.6) is 11.5 Å². The van der Waals surface area contributed by atoms with Crippen molar-refractivity contribution in [3.63, 3.8) is 0 Å². The largest absolute Gasteiger partial charge is 0.508 e. The lowest BCUT2D eigenvalue weighted by Gasteiger charge is -2.11. The topological polar surface area (TPSA) is 55.8 Å². The van der Waals surface area contributed by atoms with Crippen molar-refractivity contribution in [2.75, 3.05) is 13.7 Å². The fourth-order valence-corrected chi connectivity index (χ4v) is 2.37. The van der Waals surface area contributed by atoms with E-state index in [0.29, 0.717) is 17.9 Å². The lowest BCUT2D eigenvalue weighted by atomic mass is 9.98. The predicted octanol–water partition coefficient (Wildman–Crippen LogP) is 4.39. The van der Waals surface area contributed by atoms with Crippen LogP contribution >= 0.6 is 0 Å². The summed E-state index contributed by atoms with van der Waals surface area (Å²) in [5.74, 6) is 0.596. The Morgan fingerprint density at radius 2 is 2.04 bits per heavy atom. The molecule has 2 rings (SSSR count). The molecule has 4 nitrogen and oxygen atoms in total. The van der Waals surface area contributed by atoms with Gasteiger partial charge in [0.05, 0.1) is 19.3 Å². The molecule has 0 spiro atoms. The van der Waals surface area contributed by atoms with Gasteiger partial charge < -0.3 is 14.6 Å². The van der Waals surface area contributed by atoms with Crippen molar-refractivity contribution in [1.82, 2.24) is 0 Å². The number of methoxy groups -OCH3 is 1. The number of allylic oxidation sites excluding steroid dienone is 1. The third-order valence-electron chi connectivity index (χ3n) is 3.70. The van der Waals surface area contributed by atoms with Crippen LogP contribution in [0.25, 0.3) is 6.08 Å². The molecule has 0 aromatic heterocycles. The number of hydrogen-bond acceptors (Lipinski definition) is 4. The summed E-state index contributed by atoms with van der Waals surface area (Å²) in [5.41, 5.74) is 2.21. The van der Waals surface area contributed by atoms with Crippen molar-refractivity contribution in [1.29, 1.82) is 0 Å². The molecule has 0 radical (unpaired) electrons. The highest BCUT2D eigenvalue weighted by atomic mass is 16.5. The van der Waals surface area contributed by atoms with Crippen molar-refractivity contribution in [2.45, 2.75) is 19.8 Å². The molecule has 1 N–H and O–H groups in total. The summed E-state index contributed by atoms with van der Waals surface area (Å²) in [6.07, 6.45) is 3.89. The number of phenolic OH excluding ortho intramolecular Hbond substituents is 1. The Balaban J connectivity index is 2.18. The minimum absolute atomic E-state index is 0.00801. The molecule has 0 aliphatic carbocycles. The molecule has 0 amide bonds. The summed E-state index contributed by atoms with van der Waals surface area (Å²) in [5, 5.41) is 10.0. The van der Waals surface area contributed by atoms with Crippen LogP contribution in [0.15, 0.2) is 48.5 Å². The number of ether oxygens (including phenoxy) is 2. The maximum atomic E-state index is 11.8. The summed E-state index contributed by atoms with van der Waals surface area (Å²) >= 11 is 0. The van der Waals surface area contributed by atoms with Crippen LogP contribution in [0.2, 0.25) is 0 Å². The SMILES string of the molecule is CCOC(=O)c1cccc(/C=C\C(C)c2cc(OC)ccc2O)c1. The van der Waals surface area contributed by atoms with Gasteiger partial charge in [0.2, 0.25) is 0 Å². The molecule has 2 aromatic rings. The van der Waals surface area contributed by atoms with E-state index in [1.54, 1.807) is 38.3 Å². The fraction of sp³-hybridized carbons (Fsp3) is 0.250. The quantitative estimate of drug-likeness (QED) is 0.800. The van der Waals surface area contributed by atoms with E-state index < -0.39 is 0 Å². The Kier molecular flexibility index (Phi) is 6.01. The molecule has 1 atom stereocenters. The number of hydrogen-bond donors (Lipinski definition) is 1. The van der Waals surface area contributed by atoms with Gasteiger partial charge in [-0.3, -0.25) is 0 Å². The van der Waals surface area contributed by atoms with Gasteiger partial charge >= 0.3 is 5.97 Å². The van der Waals surface area contributed by atoms with Crippen molar-refractivity contribution in [3.05, 3.63) is 65.2 Å². The molecule has 0 heterocycles. The first-order valence-corrected chi connectivity index (χ1v) is 7.87. The number of rotatable bonds is 6. The standard InChI is InChI=1S/C20H22O4/c1-4-24-20(22)16-7-5-6-15(12-16)9-8-14(2)18-13-17(23-3)10-11-19(18)21/h5-14,21H,4H2,1-3H3/b9-8-. The van der Waals surface area contributed by atoms with Crippen molar-refractivity contribution in [3.8, 4) is 11.5 Å². The Morgan fingerprint density at radius 3 is 2.75 bits per heavy atom. The molecule has 24 heavy (non-hydrogen) atoms. The number of carbonyl (C=O) groups is 1. The van der Waals surface area contributed by atoms with Crippen molar-refractivity contribution >= 4 is 12.0 Å². The van der Waals surface area contributed by atoms with E-state index in [0.717, 1.165) is 11.1 Å². The van der Waals surface area contributed by atoms with E-state index in [2.05, 4.69) is 0 Å². The minimum atomic E-state index is -0.328. The summed E-state index contributed by atoms with van der Waals surface area (Å²) in [4.78, 5) is 11.8. The average molecular weight is 326 g/mol. The van der Waals surface area contributed by atoms with E-state index in [-0.39, 0.29) is 17.6 Å². The minimum Gasteiger partial charge on any atom is -0.508 e. The highest BCUT2D eigenvalue weighted by molar-refractivity contribution is 5.90. The molecule has 0 aliphatic heterocycles. The molecule has 0 fully saturated rings. The first-order valence-electron chi connectivity index (χ1n) is 7.87. The van der Waals surface area contributed by atoms with Crippen LogP contribution in [-0.4, -0.2) is 24.8 Å². The molecule has 0 bridgehead atoms. The Bertz CT molecular complexity index is 734. The van der Waals surface area contributed by atoms with Gasteiger partial charge in [0.15, 0.2) is 0 Å². The zero-order chi connectivity index (χ0) is 17.5. The van der Waals surface area contributed by atoms with E-state index in [1.807, 2.05) is 37.3 Å². The lowest BCUT2D eigenvalue weighted by molar-refractivity contribution is 0.0526. The summed E-state index contributed by atoms with van der Waals surface area (Å²) < 4.78 is 10.2. The third-order valence-corrected chi connectivity index (χ3v) is 3.70. The highest BCUT2D eigenvalue weighted by Crippen LogP contribution is 2.30. The molecular formula is C20H22O4. The number of carbonyl (C=O) groups excluding carboxylic acids is 1. The Morgan fingerprint density at radius 1 is 1.25 bits per heavy atom. The first-order chi connectivity index (χ1) is 11.5. The van der Waals surface area contributed by atoms with Crippen LogP contribution in [0, 0.1) is 0 Å². The number of phenols is 1. The van der Waals surface area contributed by atoms with Crippen LogP contribution in [0.3, 0.4) is 0 Å². The molecule has 4 heteroatoms. The molecular weight excluding hydrogens is 304 g/mol. The predicted molar refractivity (Wildman–Crippen MR) is 94.5 cm³/mol. The van der Waals surface area contributed by atoms with E-state index >= 15 is 0 Å². The zero-order valence-electron chi connectivity index (χ0n) is 14.2. The smallest absolute Gasteiger partial charge is 0.338 e. The normalized spacial score (nSPS) is 12.1. The number of benzene rings is 2. The average Bonchev–Trinajstić information content (AvgIpc) is 2.60. The van der Waals surface area contributed by atoms with Gasteiger partial charge in [0.25, 0.3) is 0 Å². The van der Waals surface area contributed by atoms with Gasteiger partial charge in [0, 0.05) is 11.5 Å². The monoisotopic (exact) mass is 326 g/mol. The third kappa shape index (κ3) is 4.38. The second kappa shape index (κ2) is 8.20. The van der Waals surface area contributed by atoms with Gasteiger partial charge in [0.1, 0.15) is 11.5 Å². The first kappa shape index (κ1) is 17.6. The van der Waals surface area contributed by atoms with Crippen LogP contribution in [0.1, 0.15) is 41.3 Å². The van der Waals surface area contributed by atoms with Gasteiger partial charge in [-0.25, -0.2) is 4.79 Å². The Hall–Kier alpha value is -2.75. The van der Waals surface area contributed by atoms with Crippen LogP contribution in [0.4, 0.5) is 0 Å². The summed E-state index contributed by atoms with van der Waals surface area (Å²) in [6.45, 7) is 4.12. The molecule has 0 saturated heterocycles. The fourth-order valence-electron chi connectivity index (χ4n) is 2.37. The van der Waals surface area contributed by atoms with Crippen molar-refractivity contribution < 1.29 is 19.4 Å². The van der Waals surface area contributed by atoms with Gasteiger partial charge in [-0.15, -0.1) is 0 Å². The van der Waals surface area contributed by atoms with Crippen molar-refractivity contribution in [2.24, 2.45) is 0 Å². The molecule has 0 aliphatic rings.